The van der Waals surface area contributed by atoms with Gasteiger partial charge in [0.05, 0.1) is 17.8 Å². The Morgan fingerprint density at radius 1 is 1.33 bits per heavy atom. The number of ether oxygens (including phenoxy) is 1. The molecule has 0 radical (unpaired) electrons. The maximum Gasteiger partial charge on any atom is 0.130 e. The zero-order valence-electron chi connectivity index (χ0n) is 12.5. The van der Waals surface area contributed by atoms with Crippen LogP contribution in [0.15, 0.2) is 30.3 Å². The molecule has 4 nitrogen and oxygen atoms in total. The highest BCUT2D eigenvalue weighted by Crippen LogP contribution is 2.26. The lowest BCUT2D eigenvalue weighted by Gasteiger charge is -2.32. The molecular formula is C17H22N2O2. The molecular weight excluding hydrogens is 264 g/mol. The first-order valence-corrected chi connectivity index (χ1v) is 7.60. The molecule has 3 rings (SSSR count). The highest BCUT2D eigenvalue weighted by atomic mass is 16.5. The lowest BCUT2D eigenvalue weighted by Crippen LogP contribution is -2.40. The van der Waals surface area contributed by atoms with E-state index in [0.29, 0.717) is 18.3 Å². The Morgan fingerprint density at radius 2 is 2.19 bits per heavy atom. The van der Waals surface area contributed by atoms with Crippen LogP contribution in [0.2, 0.25) is 0 Å². The van der Waals surface area contributed by atoms with E-state index in [4.69, 9.17) is 4.74 Å². The van der Waals surface area contributed by atoms with Crippen molar-refractivity contribution in [3.8, 4) is 5.75 Å². The molecule has 1 N–H and O–H groups in total. The molecule has 0 saturated carbocycles. The van der Waals surface area contributed by atoms with Crippen molar-refractivity contribution in [2.75, 3.05) is 20.2 Å². The molecule has 0 aliphatic carbocycles. The summed E-state index contributed by atoms with van der Waals surface area (Å²) in [6, 6.07) is 10.2. The average Bonchev–Trinajstić information content (AvgIpc) is 2.53. The number of nitrogens with zero attached hydrogens (tertiary/aromatic N) is 2. The predicted octanol–water partition coefficient (Wildman–Crippen LogP) is 2.59. The second-order valence-electron chi connectivity index (χ2n) is 5.73. The van der Waals surface area contributed by atoms with Crippen molar-refractivity contribution in [1.82, 2.24) is 9.88 Å². The van der Waals surface area contributed by atoms with Gasteiger partial charge in [-0.1, -0.05) is 18.6 Å². The zero-order valence-corrected chi connectivity index (χ0v) is 12.5. The SMILES string of the molecule is CN1CCCCC1COc1cc(CO)nc2ccccc12. The van der Waals surface area contributed by atoms with Crippen LogP contribution >= 0.6 is 0 Å². The summed E-state index contributed by atoms with van der Waals surface area (Å²) in [4.78, 5) is 6.80. The van der Waals surface area contributed by atoms with Crippen LogP contribution in [0.3, 0.4) is 0 Å². The summed E-state index contributed by atoms with van der Waals surface area (Å²) in [6.07, 6.45) is 3.74. The maximum absolute atomic E-state index is 9.35. The molecule has 21 heavy (non-hydrogen) atoms. The van der Waals surface area contributed by atoms with Gasteiger partial charge in [-0.25, -0.2) is 0 Å². The number of rotatable bonds is 4. The van der Waals surface area contributed by atoms with Crippen molar-refractivity contribution in [1.29, 1.82) is 0 Å². The molecule has 1 aliphatic heterocycles. The second kappa shape index (κ2) is 6.41. The van der Waals surface area contributed by atoms with E-state index in [1.54, 1.807) is 0 Å². The Labute approximate surface area is 125 Å². The fraction of sp³-hybridized carbons (Fsp3) is 0.471. The number of pyridine rings is 1. The van der Waals surface area contributed by atoms with E-state index in [0.717, 1.165) is 23.2 Å². The average molecular weight is 286 g/mol. The monoisotopic (exact) mass is 286 g/mol. The van der Waals surface area contributed by atoms with Gasteiger partial charge in [-0.15, -0.1) is 0 Å². The number of aliphatic hydroxyl groups excluding tert-OH is 1. The number of benzene rings is 1. The van der Waals surface area contributed by atoms with Crippen LogP contribution in [-0.4, -0.2) is 41.2 Å². The van der Waals surface area contributed by atoms with E-state index in [2.05, 4.69) is 16.9 Å². The highest BCUT2D eigenvalue weighted by molar-refractivity contribution is 5.85. The number of aromatic nitrogens is 1. The van der Waals surface area contributed by atoms with Crippen molar-refractivity contribution in [3.63, 3.8) is 0 Å². The quantitative estimate of drug-likeness (QED) is 0.938. The van der Waals surface area contributed by atoms with E-state index in [-0.39, 0.29) is 6.61 Å². The van der Waals surface area contributed by atoms with Crippen molar-refractivity contribution in [2.45, 2.75) is 31.9 Å². The van der Waals surface area contributed by atoms with Gasteiger partial charge in [-0.2, -0.15) is 0 Å². The summed E-state index contributed by atoms with van der Waals surface area (Å²) in [5, 5.41) is 10.4. The topological polar surface area (TPSA) is 45.6 Å². The number of aliphatic hydroxyl groups is 1. The van der Waals surface area contributed by atoms with Crippen molar-refractivity contribution in [3.05, 3.63) is 36.0 Å². The summed E-state index contributed by atoms with van der Waals surface area (Å²) in [5.74, 6) is 0.823. The van der Waals surface area contributed by atoms with Gasteiger partial charge < -0.3 is 14.7 Å². The van der Waals surface area contributed by atoms with Gasteiger partial charge in [0.1, 0.15) is 12.4 Å². The Kier molecular flexibility index (Phi) is 4.36. The summed E-state index contributed by atoms with van der Waals surface area (Å²) in [5.41, 5.74) is 1.52. The van der Waals surface area contributed by atoms with Crippen molar-refractivity contribution < 1.29 is 9.84 Å². The Bertz CT molecular complexity index is 615. The minimum atomic E-state index is -0.0650. The number of hydrogen-bond donors (Lipinski definition) is 1. The molecule has 1 fully saturated rings. The van der Waals surface area contributed by atoms with Crippen LogP contribution in [0, 0.1) is 0 Å². The second-order valence-corrected chi connectivity index (χ2v) is 5.73. The normalized spacial score (nSPS) is 19.8. The summed E-state index contributed by atoms with van der Waals surface area (Å²) < 4.78 is 6.08. The molecule has 112 valence electrons. The minimum Gasteiger partial charge on any atom is -0.491 e. The van der Waals surface area contributed by atoms with Crippen LogP contribution in [0.4, 0.5) is 0 Å². The predicted molar refractivity (Wildman–Crippen MR) is 83.4 cm³/mol. The molecule has 2 aromatic rings. The molecule has 1 atom stereocenters. The van der Waals surface area contributed by atoms with Gasteiger partial charge in [0.2, 0.25) is 0 Å². The molecule has 2 heterocycles. The fourth-order valence-electron chi connectivity index (χ4n) is 2.94. The van der Waals surface area contributed by atoms with Crippen LogP contribution in [0.5, 0.6) is 5.75 Å². The van der Waals surface area contributed by atoms with Gasteiger partial charge in [-0.3, -0.25) is 4.98 Å². The summed E-state index contributed by atoms with van der Waals surface area (Å²) in [7, 11) is 2.16. The Hall–Kier alpha value is -1.65. The zero-order chi connectivity index (χ0) is 14.7. The van der Waals surface area contributed by atoms with Crippen LogP contribution < -0.4 is 4.74 Å². The first-order chi connectivity index (χ1) is 10.3. The molecule has 0 spiro atoms. The van der Waals surface area contributed by atoms with Gasteiger partial charge >= 0.3 is 0 Å². The van der Waals surface area contributed by atoms with E-state index >= 15 is 0 Å². The van der Waals surface area contributed by atoms with Gasteiger partial charge in [0.15, 0.2) is 0 Å². The lowest BCUT2D eigenvalue weighted by atomic mass is 10.0. The Morgan fingerprint density at radius 3 is 3.00 bits per heavy atom. The number of hydrogen-bond acceptors (Lipinski definition) is 4. The lowest BCUT2D eigenvalue weighted by molar-refractivity contribution is 0.126. The molecule has 4 heteroatoms. The van der Waals surface area contributed by atoms with Crippen molar-refractivity contribution in [2.24, 2.45) is 0 Å². The van der Waals surface area contributed by atoms with E-state index in [1.807, 2.05) is 30.3 Å². The fourth-order valence-corrected chi connectivity index (χ4v) is 2.94. The van der Waals surface area contributed by atoms with E-state index in [9.17, 15) is 5.11 Å². The van der Waals surface area contributed by atoms with Gasteiger partial charge in [0, 0.05) is 17.5 Å². The Balaban J connectivity index is 1.82. The third-order valence-electron chi connectivity index (χ3n) is 4.25. The number of likely N-dealkylation sites (N-methyl/N-ethyl adjacent to an activating group) is 1. The molecule has 1 unspecified atom stereocenters. The minimum absolute atomic E-state index is 0.0650. The molecule has 0 amide bonds. The van der Waals surface area contributed by atoms with Crippen LogP contribution in [0.1, 0.15) is 25.0 Å². The smallest absolute Gasteiger partial charge is 0.130 e. The van der Waals surface area contributed by atoms with Gasteiger partial charge in [0.25, 0.3) is 0 Å². The first kappa shape index (κ1) is 14.3. The van der Waals surface area contributed by atoms with Crippen LogP contribution in [-0.2, 0) is 6.61 Å². The first-order valence-electron chi connectivity index (χ1n) is 7.60. The molecule has 1 aliphatic rings. The van der Waals surface area contributed by atoms with E-state index in [1.165, 1.54) is 19.3 Å². The third-order valence-corrected chi connectivity index (χ3v) is 4.25. The maximum atomic E-state index is 9.35. The largest absolute Gasteiger partial charge is 0.491 e. The molecule has 1 aromatic heterocycles. The summed E-state index contributed by atoms with van der Waals surface area (Å²) in [6.45, 7) is 1.77. The van der Waals surface area contributed by atoms with Gasteiger partial charge in [-0.05, 0) is 38.6 Å². The molecule has 1 aromatic carbocycles. The summed E-state index contributed by atoms with van der Waals surface area (Å²) >= 11 is 0. The number of para-hydroxylation sites is 1. The number of fused-ring (bicyclic) bond motifs is 1. The number of piperidine rings is 1. The molecule has 1 saturated heterocycles. The molecule has 0 bridgehead atoms. The third kappa shape index (κ3) is 3.17. The standard InChI is InChI=1S/C17H22N2O2/c1-19-9-5-4-6-14(19)12-21-17-10-13(11-20)18-16-8-3-2-7-15(16)17/h2-3,7-8,10,14,20H,4-6,9,11-12H2,1H3. The number of likely N-dealkylation sites (tertiary alicyclic amines) is 1. The van der Waals surface area contributed by atoms with Crippen LogP contribution in [0.25, 0.3) is 10.9 Å². The van der Waals surface area contributed by atoms with Crippen molar-refractivity contribution >= 4 is 10.9 Å². The van der Waals surface area contributed by atoms with E-state index < -0.39 is 0 Å². The highest BCUT2D eigenvalue weighted by Gasteiger charge is 2.19.